The molecule has 1 aliphatic rings. The van der Waals surface area contributed by atoms with Gasteiger partial charge in [-0.1, -0.05) is 52.5 Å². The maximum atomic E-state index is 5.47. The number of hydrogen-bond donors (Lipinski definition) is 1. The summed E-state index contributed by atoms with van der Waals surface area (Å²) >= 11 is 3.47. The van der Waals surface area contributed by atoms with Crippen LogP contribution in [0.2, 0.25) is 0 Å². The van der Waals surface area contributed by atoms with Crippen LogP contribution in [0, 0.1) is 0 Å². The van der Waals surface area contributed by atoms with Crippen molar-refractivity contribution in [1.29, 1.82) is 0 Å². The molecule has 1 aromatic carbocycles. The zero-order valence-corrected chi connectivity index (χ0v) is 13.8. The fourth-order valence-electron chi connectivity index (χ4n) is 3.10. The van der Waals surface area contributed by atoms with Crippen LogP contribution in [0.15, 0.2) is 33.3 Å². The smallest absolute Gasteiger partial charge is 0.228 e. The van der Waals surface area contributed by atoms with Crippen molar-refractivity contribution in [3.05, 3.63) is 34.6 Å². The molecule has 1 aliphatic carbocycles. The van der Waals surface area contributed by atoms with Gasteiger partial charge in [-0.3, -0.25) is 0 Å². The minimum atomic E-state index is 0.124. The van der Waals surface area contributed by atoms with Crippen LogP contribution in [0.1, 0.15) is 38.0 Å². The summed E-state index contributed by atoms with van der Waals surface area (Å²) in [5.74, 6) is 1.38. The lowest BCUT2D eigenvalue weighted by Crippen LogP contribution is -2.46. The third-order valence-corrected chi connectivity index (χ3v) is 4.87. The predicted octanol–water partition coefficient (Wildman–Crippen LogP) is 3.96. The minimum Gasteiger partial charge on any atom is -0.339 e. The van der Waals surface area contributed by atoms with E-state index < -0.39 is 0 Å². The Morgan fingerprint density at radius 1 is 1.29 bits per heavy atom. The van der Waals surface area contributed by atoms with E-state index in [0.717, 1.165) is 22.3 Å². The van der Waals surface area contributed by atoms with Gasteiger partial charge in [0.05, 0.1) is 0 Å². The number of benzene rings is 1. The SMILES string of the molecule is CNC1(Cc2nc(-c3cccc(Br)c3)no2)CCCCC1. The highest BCUT2D eigenvalue weighted by Crippen LogP contribution is 2.31. The molecule has 1 saturated carbocycles. The zero-order chi connectivity index (χ0) is 14.7. The molecule has 0 unspecified atom stereocenters. The molecule has 1 N–H and O–H groups in total. The Kier molecular flexibility index (Phi) is 4.40. The maximum absolute atomic E-state index is 5.47. The van der Waals surface area contributed by atoms with E-state index in [-0.39, 0.29) is 5.54 Å². The molecule has 21 heavy (non-hydrogen) atoms. The Balaban J connectivity index is 1.78. The Labute approximate surface area is 133 Å². The number of nitrogens with one attached hydrogen (secondary N) is 1. The van der Waals surface area contributed by atoms with Crippen LogP contribution in [-0.4, -0.2) is 22.7 Å². The first kappa shape index (κ1) is 14.7. The first-order chi connectivity index (χ1) is 10.2. The molecule has 1 fully saturated rings. The lowest BCUT2D eigenvalue weighted by molar-refractivity contribution is 0.221. The molecule has 1 aromatic heterocycles. The summed E-state index contributed by atoms with van der Waals surface area (Å²) < 4.78 is 6.49. The van der Waals surface area contributed by atoms with Crippen molar-refractivity contribution >= 4 is 15.9 Å². The molecule has 0 bridgehead atoms. The van der Waals surface area contributed by atoms with Crippen LogP contribution >= 0.6 is 15.9 Å². The Bertz CT molecular complexity index is 605. The van der Waals surface area contributed by atoms with E-state index in [1.807, 2.05) is 31.3 Å². The van der Waals surface area contributed by atoms with Gasteiger partial charge in [-0.15, -0.1) is 0 Å². The standard InChI is InChI=1S/C16H20BrN3O/c1-18-16(8-3-2-4-9-16)11-14-19-15(20-21-14)12-6-5-7-13(17)10-12/h5-7,10,18H,2-4,8-9,11H2,1H3. The van der Waals surface area contributed by atoms with Crippen LogP contribution in [0.3, 0.4) is 0 Å². The van der Waals surface area contributed by atoms with Gasteiger partial charge in [0.1, 0.15) is 0 Å². The van der Waals surface area contributed by atoms with E-state index in [4.69, 9.17) is 4.52 Å². The van der Waals surface area contributed by atoms with Gasteiger partial charge < -0.3 is 9.84 Å². The largest absolute Gasteiger partial charge is 0.339 e. The number of aromatic nitrogens is 2. The van der Waals surface area contributed by atoms with E-state index in [1.165, 1.54) is 32.1 Å². The summed E-state index contributed by atoms with van der Waals surface area (Å²) in [5.41, 5.74) is 1.10. The van der Waals surface area contributed by atoms with Gasteiger partial charge in [-0.2, -0.15) is 4.98 Å². The van der Waals surface area contributed by atoms with Crippen molar-refractivity contribution in [2.24, 2.45) is 0 Å². The molecule has 0 spiro atoms. The monoisotopic (exact) mass is 349 g/mol. The molecular weight excluding hydrogens is 330 g/mol. The van der Waals surface area contributed by atoms with E-state index in [9.17, 15) is 0 Å². The summed E-state index contributed by atoms with van der Waals surface area (Å²) in [4.78, 5) is 4.57. The predicted molar refractivity (Wildman–Crippen MR) is 86.0 cm³/mol. The molecule has 0 radical (unpaired) electrons. The molecule has 0 amide bonds. The third kappa shape index (κ3) is 3.35. The maximum Gasteiger partial charge on any atom is 0.228 e. The summed E-state index contributed by atoms with van der Waals surface area (Å²) in [6.45, 7) is 0. The Morgan fingerprint density at radius 2 is 2.10 bits per heavy atom. The van der Waals surface area contributed by atoms with Crippen LogP contribution in [0.5, 0.6) is 0 Å². The Hall–Kier alpha value is -1.20. The highest BCUT2D eigenvalue weighted by atomic mass is 79.9. The number of rotatable bonds is 4. The first-order valence-corrected chi connectivity index (χ1v) is 8.28. The highest BCUT2D eigenvalue weighted by Gasteiger charge is 2.32. The highest BCUT2D eigenvalue weighted by molar-refractivity contribution is 9.10. The normalized spacial score (nSPS) is 17.8. The minimum absolute atomic E-state index is 0.124. The molecule has 5 heteroatoms. The van der Waals surface area contributed by atoms with Crippen LogP contribution < -0.4 is 5.32 Å². The fourth-order valence-corrected chi connectivity index (χ4v) is 3.50. The lowest BCUT2D eigenvalue weighted by atomic mass is 9.79. The van der Waals surface area contributed by atoms with Gasteiger partial charge in [0, 0.05) is 22.0 Å². The van der Waals surface area contributed by atoms with E-state index in [2.05, 4.69) is 31.4 Å². The number of hydrogen-bond acceptors (Lipinski definition) is 4. The second-order valence-electron chi connectivity index (χ2n) is 5.79. The quantitative estimate of drug-likeness (QED) is 0.907. The van der Waals surface area contributed by atoms with Crippen molar-refractivity contribution in [2.45, 2.75) is 44.1 Å². The topological polar surface area (TPSA) is 51.0 Å². The van der Waals surface area contributed by atoms with Crippen molar-refractivity contribution in [1.82, 2.24) is 15.5 Å². The fraction of sp³-hybridized carbons (Fsp3) is 0.500. The molecule has 4 nitrogen and oxygen atoms in total. The average Bonchev–Trinajstić information content (AvgIpc) is 2.96. The van der Waals surface area contributed by atoms with Gasteiger partial charge in [0.25, 0.3) is 0 Å². The van der Waals surface area contributed by atoms with Gasteiger partial charge in [0.2, 0.25) is 11.7 Å². The average molecular weight is 350 g/mol. The van der Waals surface area contributed by atoms with E-state index in [1.54, 1.807) is 0 Å². The van der Waals surface area contributed by atoms with Crippen LogP contribution in [0.4, 0.5) is 0 Å². The van der Waals surface area contributed by atoms with Gasteiger partial charge in [-0.05, 0) is 32.0 Å². The molecular formula is C16H20BrN3O. The molecule has 0 aliphatic heterocycles. The lowest BCUT2D eigenvalue weighted by Gasteiger charge is -2.36. The number of halogens is 1. The second-order valence-corrected chi connectivity index (χ2v) is 6.71. The van der Waals surface area contributed by atoms with Gasteiger partial charge >= 0.3 is 0 Å². The summed E-state index contributed by atoms with van der Waals surface area (Å²) in [5, 5.41) is 7.61. The van der Waals surface area contributed by atoms with Crippen molar-refractivity contribution in [3.8, 4) is 11.4 Å². The Morgan fingerprint density at radius 3 is 2.81 bits per heavy atom. The molecule has 0 atom stereocenters. The van der Waals surface area contributed by atoms with Crippen molar-refractivity contribution in [2.75, 3.05) is 7.05 Å². The van der Waals surface area contributed by atoms with E-state index in [0.29, 0.717) is 5.82 Å². The molecule has 0 saturated heterocycles. The summed E-state index contributed by atoms with van der Waals surface area (Å²) in [7, 11) is 2.04. The number of likely N-dealkylation sites (N-methyl/N-ethyl adjacent to an activating group) is 1. The molecule has 3 rings (SSSR count). The van der Waals surface area contributed by atoms with Crippen molar-refractivity contribution < 1.29 is 4.52 Å². The van der Waals surface area contributed by atoms with Gasteiger partial charge in [-0.25, -0.2) is 0 Å². The summed E-state index contributed by atoms with van der Waals surface area (Å²) in [6, 6.07) is 7.96. The zero-order valence-electron chi connectivity index (χ0n) is 12.2. The molecule has 2 aromatic rings. The third-order valence-electron chi connectivity index (χ3n) is 4.38. The van der Waals surface area contributed by atoms with E-state index >= 15 is 0 Å². The van der Waals surface area contributed by atoms with Gasteiger partial charge in [0.15, 0.2) is 0 Å². The molecule has 112 valence electrons. The molecule has 1 heterocycles. The van der Waals surface area contributed by atoms with Crippen molar-refractivity contribution in [3.63, 3.8) is 0 Å². The summed E-state index contributed by atoms with van der Waals surface area (Å²) in [6.07, 6.45) is 7.04. The van der Waals surface area contributed by atoms with Crippen LogP contribution in [-0.2, 0) is 6.42 Å². The van der Waals surface area contributed by atoms with Crippen LogP contribution in [0.25, 0.3) is 11.4 Å². The second kappa shape index (κ2) is 6.28. The number of nitrogens with zero attached hydrogens (tertiary/aromatic N) is 2. The first-order valence-electron chi connectivity index (χ1n) is 7.48.